The topological polar surface area (TPSA) is 50.8 Å². The molecule has 0 saturated heterocycles. The van der Waals surface area contributed by atoms with Crippen molar-refractivity contribution in [3.63, 3.8) is 0 Å². The van der Waals surface area contributed by atoms with Gasteiger partial charge in [-0.1, -0.05) is 42.5 Å². The van der Waals surface area contributed by atoms with Crippen LogP contribution in [0.4, 0.5) is 0 Å². The molecule has 0 atom stereocenters. The standard InChI is InChI=1S/C26H17N3OS/c1-2-9-24-20(8-1)21-15-18(11-12-25(21)31-24)23-16-22(28-29-23)17-6-5-7-19(14-17)30-26-10-3-4-13-27-26/h1-16H,(H,28,29). The van der Waals surface area contributed by atoms with Crippen LogP contribution in [-0.4, -0.2) is 15.2 Å². The first-order valence-electron chi connectivity index (χ1n) is 10.00. The Morgan fingerprint density at radius 3 is 2.55 bits per heavy atom. The zero-order valence-corrected chi connectivity index (χ0v) is 17.3. The highest BCUT2D eigenvalue weighted by Crippen LogP contribution is 2.36. The molecule has 3 aromatic heterocycles. The van der Waals surface area contributed by atoms with Crippen LogP contribution in [-0.2, 0) is 0 Å². The molecule has 5 heteroatoms. The van der Waals surface area contributed by atoms with Gasteiger partial charge >= 0.3 is 0 Å². The molecule has 0 fully saturated rings. The van der Waals surface area contributed by atoms with E-state index in [1.807, 2.05) is 53.8 Å². The molecule has 0 spiro atoms. The normalized spacial score (nSPS) is 11.2. The van der Waals surface area contributed by atoms with E-state index in [1.165, 1.54) is 20.2 Å². The number of aromatic amines is 1. The van der Waals surface area contributed by atoms with Crippen LogP contribution < -0.4 is 4.74 Å². The van der Waals surface area contributed by atoms with E-state index >= 15 is 0 Å². The highest BCUT2D eigenvalue weighted by atomic mass is 32.1. The second-order valence-electron chi connectivity index (χ2n) is 7.27. The molecular weight excluding hydrogens is 402 g/mol. The zero-order valence-electron chi connectivity index (χ0n) is 16.4. The van der Waals surface area contributed by atoms with Gasteiger partial charge in [-0.05, 0) is 42.5 Å². The molecule has 3 aromatic carbocycles. The van der Waals surface area contributed by atoms with Gasteiger partial charge in [-0.2, -0.15) is 5.10 Å². The Kier molecular flexibility index (Phi) is 4.25. The molecule has 3 heterocycles. The Labute approximate surface area is 182 Å². The third kappa shape index (κ3) is 3.35. The number of nitrogens with zero attached hydrogens (tertiary/aromatic N) is 2. The second kappa shape index (κ2) is 7.38. The lowest BCUT2D eigenvalue weighted by Crippen LogP contribution is -1.87. The summed E-state index contributed by atoms with van der Waals surface area (Å²) in [5.74, 6) is 1.30. The second-order valence-corrected chi connectivity index (χ2v) is 8.36. The maximum Gasteiger partial charge on any atom is 0.219 e. The van der Waals surface area contributed by atoms with Crippen LogP contribution >= 0.6 is 11.3 Å². The number of pyridine rings is 1. The molecule has 0 aliphatic heterocycles. The van der Waals surface area contributed by atoms with Gasteiger partial charge in [0.2, 0.25) is 5.88 Å². The first-order chi connectivity index (χ1) is 15.3. The molecule has 0 saturated carbocycles. The number of benzene rings is 3. The molecule has 4 nitrogen and oxygen atoms in total. The van der Waals surface area contributed by atoms with Gasteiger partial charge in [-0.25, -0.2) is 4.98 Å². The molecule has 6 rings (SSSR count). The van der Waals surface area contributed by atoms with E-state index in [4.69, 9.17) is 4.74 Å². The van der Waals surface area contributed by atoms with Crippen molar-refractivity contribution in [2.45, 2.75) is 0 Å². The number of H-pyrrole nitrogens is 1. The minimum atomic E-state index is 0.568. The molecule has 31 heavy (non-hydrogen) atoms. The maximum absolute atomic E-state index is 5.86. The first-order valence-corrected chi connectivity index (χ1v) is 10.8. The SMILES string of the molecule is c1ccc(Oc2cccc(-c3cc(-c4ccc5sc6ccccc6c5c4)[nH]n3)c2)nc1. The van der Waals surface area contributed by atoms with Crippen molar-refractivity contribution in [2.75, 3.05) is 0 Å². The van der Waals surface area contributed by atoms with Gasteiger partial charge in [0.25, 0.3) is 0 Å². The third-order valence-electron chi connectivity index (χ3n) is 5.26. The number of ether oxygens (including phenoxy) is 1. The van der Waals surface area contributed by atoms with Crippen molar-refractivity contribution in [3.8, 4) is 34.1 Å². The van der Waals surface area contributed by atoms with Gasteiger partial charge in [0.15, 0.2) is 0 Å². The number of fused-ring (bicyclic) bond motifs is 3. The van der Waals surface area contributed by atoms with Crippen LogP contribution in [0.25, 0.3) is 42.7 Å². The maximum atomic E-state index is 5.86. The van der Waals surface area contributed by atoms with Crippen LogP contribution in [0.1, 0.15) is 0 Å². The van der Waals surface area contributed by atoms with E-state index in [0.29, 0.717) is 5.88 Å². The lowest BCUT2D eigenvalue weighted by Gasteiger charge is -2.05. The Morgan fingerprint density at radius 2 is 1.61 bits per heavy atom. The van der Waals surface area contributed by atoms with Gasteiger partial charge in [-0.3, -0.25) is 5.10 Å². The van der Waals surface area contributed by atoms with Crippen molar-refractivity contribution in [1.82, 2.24) is 15.2 Å². The summed E-state index contributed by atoms with van der Waals surface area (Å²) in [6.07, 6.45) is 1.71. The Morgan fingerprint density at radius 1 is 0.710 bits per heavy atom. The van der Waals surface area contributed by atoms with Crippen LogP contribution in [0.2, 0.25) is 0 Å². The van der Waals surface area contributed by atoms with Gasteiger partial charge in [0.05, 0.1) is 11.4 Å². The predicted molar refractivity (Wildman–Crippen MR) is 127 cm³/mol. The van der Waals surface area contributed by atoms with Crippen molar-refractivity contribution in [3.05, 3.63) is 97.2 Å². The highest BCUT2D eigenvalue weighted by Gasteiger charge is 2.10. The molecule has 0 aliphatic rings. The van der Waals surface area contributed by atoms with Gasteiger partial charge in [-0.15, -0.1) is 11.3 Å². The average molecular weight is 420 g/mol. The molecule has 0 amide bonds. The molecule has 1 N–H and O–H groups in total. The van der Waals surface area contributed by atoms with Crippen LogP contribution in [0.3, 0.4) is 0 Å². The van der Waals surface area contributed by atoms with E-state index in [0.717, 1.165) is 28.3 Å². The summed E-state index contributed by atoms with van der Waals surface area (Å²) in [4.78, 5) is 4.22. The minimum absolute atomic E-state index is 0.568. The van der Waals surface area contributed by atoms with E-state index in [-0.39, 0.29) is 0 Å². The number of aromatic nitrogens is 3. The Balaban J connectivity index is 1.34. The molecule has 0 radical (unpaired) electrons. The quantitative estimate of drug-likeness (QED) is 0.326. The summed E-state index contributed by atoms with van der Waals surface area (Å²) in [5.41, 5.74) is 3.97. The summed E-state index contributed by atoms with van der Waals surface area (Å²) in [6, 6.07) is 30.7. The van der Waals surface area contributed by atoms with Gasteiger partial charge in [0.1, 0.15) is 5.75 Å². The van der Waals surface area contributed by atoms with Crippen molar-refractivity contribution < 1.29 is 4.74 Å². The number of nitrogens with one attached hydrogen (secondary N) is 1. The van der Waals surface area contributed by atoms with E-state index in [1.54, 1.807) is 6.20 Å². The zero-order chi connectivity index (χ0) is 20.6. The predicted octanol–water partition coefficient (Wildman–Crippen LogP) is 7.30. The Bertz CT molecular complexity index is 1520. The fraction of sp³-hybridized carbons (Fsp3) is 0. The lowest BCUT2D eigenvalue weighted by molar-refractivity contribution is 0.463. The van der Waals surface area contributed by atoms with Gasteiger partial charge < -0.3 is 4.74 Å². The van der Waals surface area contributed by atoms with E-state index in [9.17, 15) is 0 Å². The first kappa shape index (κ1) is 17.9. The van der Waals surface area contributed by atoms with Crippen molar-refractivity contribution >= 4 is 31.5 Å². The number of hydrogen-bond donors (Lipinski definition) is 1. The molecule has 0 unspecified atom stereocenters. The molecule has 6 aromatic rings. The largest absolute Gasteiger partial charge is 0.439 e. The monoisotopic (exact) mass is 419 g/mol. The average Bonchev–Trinajstić information content (AvgIpc) is 3.45. The van der Waals surface area contributed by atoms with E-state index in [2.05, 4.69) is 63.7 Å². The van der Waals surface area contributed by atoms with Crippen molar-refractivity contribution in [2.24, 2.45) is 0 Å². The number of hydrogen-bond acceptors (Lipinski definition) is 4. The van der Waals surface area contributed by atoms with Crippen molar-refractivity contribution in [1.29, 1.82) is 0 Å². The molecular formula is C26H17N3OS. The number of rotatable bonds is 4. The van der Waals surface area contributed by atoms with Crippen LogP contribution in [0.15, 0.2) is 97.2 Å². The van der Waals surface area contributed by atoms with Gasteiger partial charge in [0, 0.05) is 43.6 Å². The summed E-state index contributed by atoms with van der Waals surface area (Å²) in [5, 5.41) is 10.3. The smallest absolute Gasteiger partial charge is 0.219 e. The summed E-state index contributed by atoms with van der Waals surface area (Å²) in [6.45, 7) is 0. The highest BCUT2D eigenvalue weighted by molar-refractivity contribution is 7.25. The van der Waals surface area contributed by atoms with Crippen LogP contribution in [0, 0.1) is 0 Å². The fourth-order valence-electron chi connectivity index (χ4n) is 3.76. The van der Waals surface area contributed by atoms with Crippen LogP contribution in [0.5, 0.6) is 11.6 Å². The lowest BCUT2D eigenvalue weighted by atomic mass is 10.1. The molecule has 0 bridgehead atoms. The van der Waals surface area contributed by atoms with E-state index < -0.39 is 0 Å². The summed E-state index contributed by atoms with van der Waals surface area (Å²) < 4.78 is 8.47. The fourth-order valence-corrected chi connectivity index (χ4v) is 4.84. The Hall–Kier alpha value is -3.96. The summed E-state index contributed by atoms with van der Waals surface area (Å²) >= 11 is 1.83. The summed E-state index contributed by atoms with van der Waals surface area (Å²) in [7, 11) is 0. The molecule has 148 valence electrons. The molecule has 0 aliphatic carbocycles. The minimum Gasteiger partial charge on any atom is -0.439 e. The third-order valence-corrected chi connectivity index (χ3v) is 6.41. The number of thiophene rings is 1.